The number of nitrogens with one attached hydrogen (secondary N) is 1. The number of anilines is 1. The number of para-hydroxylation sites is 1. The van der Waals surface area contributed by atoms with Crippen LogP contribution in [0.5, 0.6) is 0 Å². The number of carbonyl (C=O) groups is 1. The lowest BCUT2D eigenvalue weighted by molar-refractivity contribution is 0.1000. The van der Waals surface area contributed by atoms with E-state index in [1.165, 1.54) is 0 Å². The van der Waals surface area contributed by atoms with Crippen LogP contribution in [0.15, 0.2) is 48.5 Å². The van der Waals surface area contributed by atoms with Gasteiger partial charge in [-0.2, -0.15) is 0 Å². The van der Waals surface area contributed by atoms with Crippen molar-refractivity contribution in [2.24, 2.45) is 5.73 Å². The molecule has 0 unspecified atom stereocenters. The highest BCUT2D eigenvalue weighted by atomic mass is 32.2. The molecule has 26 heavy (non-hydrogen) atoms. The van der Waals surface area contributed by atoms with Crippen molar-refractivity contribution in [3.8, 4) is 0 Å². The molecule has 0 atom stereocenters. The number of nitrogens with two attached hydrogens (primary N) is 1. The molecule has 0 bridgehead atoms. The summed E-state index contributed by atoms with van der Waals surface area (Å²) in [5, 5.41) is 0. The van der Waals surface area contributed by atoms with Crippen LogP contribution >= 0.6 is 0 Å². The van der Waals surface area contributed by atoms with Crippen LogP contribution in [0.1, 0.15) is 49.2 Å². The van der Waals surface area contributed by atoms with Crippen molar-refractivity contribution in [3.05, 3.63) is 65.2 Å². The lowest BCUT2D eigenvalue weighted by Crippen LogP contribution is -2.10. The van der Waals surface area contributed by atoms with Crippen LogP contribution in [0.4, 0.5) is 5.69 Å². The Morgan fingerprint density at radius 2 is 1.46 bits per heavy atom. The number of primary amides is 1. The topological polar surface area (TPSA) is 89.3 Å². The van der Waals surface area contributed by atoms with Crippen LogP contribution in [0.2, 0.25) is 0 Å². The lowest BCUT2D eigenvalue weighted by Gasteiger charge is -2.05. The summed E-state index contributed by atoms with van der Waals surface area (Å²) in [6.45, 7) is 11.8. The maximum absolute atomic E-state index is 10.8. The SMILES string of the molecule is CC.CC.Cc1cccc(C(N)=O)c1.Cc1ccccc1NS(C)(=O)=O. The summed E-state index contributed by atoms with van der Waals surface area (Å²) >= 11 is 0. The van der Waals surface area contributed by atoms with Crippen molar-refractivity contribution >= 4 is 21.6 Å². The van der Waals surface area contributed by atoms with E-state index in [0.717, 1.165) is 17.4 Å². The minimum atomic E-state index is -3.15. The summed E-state index contributed by atoms with van der Waals surface area (Å²) in [6, 6.07) is 14.5. The molecule has 0 spiro atoms. The monoisotopic (exact) mass is 380 g/mol. The van der Waals surface area contributed by atoms with Gasteiger partial charge in [0, 0.05) is 5.56 Å². The second kappa shape index (κ2) is 13.9. The number of aryl methyl sites for hydroxylation is 2. The van der Waals surface area contributed by atoms with E-state index in [0.29, 0.717) is 11.3 Å². The van der Waals surface area contributed by atoms with E-state index in [2.05, 4.69) is 4.72 Å². The van der Waals surface area contributed by atoms with Gasteiger partial charge in [0.25, 0.3) is 0 Å². The Balaban J connectivity index is 0. The molecule has 6 heteroatoms. The van der Waals surface area contributed by atoms with E-state index < -0.39 is 10.0 Å². The summed E-state index contributed by atoms with van der Waals surface area (Å²) in [4.78, 5) is 10.6. The average molecular weight is 381 g/mol. The molecule has 2 aromatic rings. The van der Waals surface area contributed by atoms with Gasteiger partial charge >= 0.3 is 0 Å². The molecular formula is C20H32N2O3S. The molecule has 5 nitrogen and oxygen atoms in total. The predicted octanol–water partition coefficient (Wildman–Crippen LogP) is 4.51. The van der Waals surface area contributed by atoms with Crippen molar-refractivity contribution in [2.45, 2.75) is 41.5 Å². The molecule has 0 saturated heterocycles. The van der Waals surface area contributed by atoms with Crippen LogP contribution in [0, 0.1) is 13.8 Å². The number of carbonyl (C=O) groups excluding carboxylic acids is 1. The first kappa shape index (κ1) is 25.9. The van der Waals surface area contributed by atoms with Crippen LogP contribution in [-0.2, 0) is 10.0 Å². The standard InChI is InChI=1S/C8H11NO2S.C8H9NO.2C2H6/c1-7-5-3-4-6-8(7)9-12(2,10)11;1-6-3-2-4-7(5-6)8(9)10;2*1-2/h3-6,9H,1-2H3;2-5H,1H3,(H2,9,10);2*1-2H3. The number of sulfonamides is 1. The first-order valence-corrected chi connectivity index (χ1v) is 10.5. The normalized spacial score (nSPS) is 9.19. The summed E-state index contributed by atoms with van der Waals surface area (Å²) in [6.07, 6.45) is 1.14. The summed E-state index contributed by atoms with van der Waals surface area (Å²) in [5.41, 5.74) is 8.22. The van der Waals surface area contributed by atoms with Gasteiger partial charge in [0.15, 0.2) is 0 Å². The quantitative estimate of drug-likeness (QED) is 0.821. The molecule has 0 heterocycles. The van der Waals surface area contributed by atoms with Crippen LogP contribution in [-0.4, -0.2) is 20.6 Å². The highest BCUT2D eigenvalue weighted by molar-refractivity contribution is 7.92. The number of hydrogen-bond acceptors (Lipinski definition) is 3. The summed E-state index contributed by atoms with van der Waals surface area (Å²) < 4.78 is 24.1. The highest BCUT2D eigenvalue weighted by Gasteiger charge is 2.02. The zero-order valence-corrected chi connectivity index (χ0v) is 17.6. The smallest absolute Gasteiger partial charge is 0.248 e. The molecular weight excluding hydrogens is 348 g/mol. The van der Waals surface area contributed by atoms with Gasteiger partial charge in [-0.3, -0.25) is 9.52 Å². The molecule has 3 N–H and O–H groups in total. The van der Waals surface area contributed by atoms with Crippen LogP contribution < -0.4 is 10.5 Å². The third-order valence-corrected chi connectivity index (χ3v) is 3.33. The van der Waals surface area contributed by atoms with Gasteiger partial charge in [-0.05, 0) is 37.6 Å². The summed E-state index contributed by atoms with van der Waals surface area (Å²) in [5.74, 6) is -0.372. The van der Waals surface area contributed by atoms with Crippen molar-refractivity contribution in [1.29, 1.82) is 0 Å². The Morgan fingerprint density at radius 1 is 0.923 bits per heavy atom. The minimum Gasteiger partial charge on any atom is -0.366 e. The fraction of sp³-hybridized carbons (Fsp3) is 0.350. The van der Waals surface area contributed by atoms with Gasteiger partial charge in [-0.1, -0.05) is 63.6 Å². The first-order chi connectivity index (χ1) is 12.2. The molecule has 146 valence electrons. The molecule has 0 aliphatic heterocycles. The van der Waals surface area contributed by atoms with Gasteiger partial charge in [0.05, 0.1) is 11.9 Å². The van der Waals surface area contributed by atoms with Crippen molar-refractivity contribution in [1.82, 2.24) is 0 Å². The molecule has 2 rings (SSSR count). The zero-order valence-electron chi connectivity index (χ0n) is 16.8. The number of rotatable bonds is 3. The largest absolute Gasteiger partial charge is 0.366 e. The van der Waals surface area contributed by atoms with E-state index in [1.54, 1.807) is 24.3 Å². The average Bonchev–Trinajstić information content (AvgIpc) is 2.60. The Bertz CT molecular complexity index is 757. The highest BCUT2D eigenvalue weighted by Crippen LogP contribution is 2.13. The Hall–Kier alpha value is -2.34. The second-order valence-electron chi connectivity index (χ2n) is 4.92. The van der Waals surface area contributed by atoms with E-state index in [4.69, 9.17) is 5.73 Å². The molecule has 0 aromatic heterocycles. The number of benzene rings is 2. The minimum absolute atomic E-state index is 0.372. The van der Waals surface area contributed by atoms with E-state index in [9.17, 15) is 13.2 Å². The maximum Gasteiger partial charge on any atom is 0.248 e. The van der Waals surface area contributed by atoms with Gasteiger partial charge in [-0.15, -0.1) is 0 Å². The van der Waals surface area contributed by atoms with E-state index in [1.807, 2.05) is 65.8 Å². The fourth-order valence-corrected chi connectivity index (χ4v) is 2.31. The van der Waals surface area contributed by atoms with E-state index in [-0.39, 0.29) is 5.91 Å². The lowest BCUT2D eigenvalue weighted by atomic mass is 10.1. The fourth-order valence-electron chi connectivity index (χ4n) is 1.69. The van der Waals surface area contributed by atoms with Crippen LogP contribution in [0.3, 0.4) is 0 Å². The first-order valence-electron chi connectivity index (χ1n) is 8.59. The van der Waals surface area contributed by atoms with Crippen molar-refractivity contribution in [2.75, 3.05) is 11.0 Å². The third-order valence-electron chi connectivity index (χ3n) is 2.74. The zero-order chi connectivity index (χ0) is 20.8. The second-order valence-corrected chi connectivity index (χ2v) is 6.67. The van der Waals surface area contributed by atoms with Gasteiger partial charge in [-0.25, -0.2) is 8.42 Å². The Morgan fingerprint density at radius 3 is 1.85 bits per heavy atom. The molecule has 0 aliphatic rings. The van der Waals surface area contributed by atoms with Gasteiger partial charge in [0.2, 0.25) is 15.9 Å². The number of hydrogen-bond donors (Lipinski definition) is 2. The Kier molecular flexibility index (Phi) is 13.8. The van der Waals surface area contributed by atoms with Crippen molar-refractivity contribution < 1.29 is 13.2 Å². The van der Waals surface area contributed by atoms with Crippen LogP contribution in [0.25, 0.3) is 0 Å². The molecule has 2 aromatic carbocycles. The Labute approximate surface area is 158 Å². The molecule has 1 amide bonds. The third kappa shape index (κ3) is 12.1. The molecule has 0 radical (unpaired) electrons. The summed E-state index contributed by atoms with van der Waals surface area (Å²) in [7, 11) is -3.15. The molecule has 0 saturated carbocycles. The number of amides is 1. The van der Waals surface area contributed by atoms with E-state index >= 15 is 0 Å². The van der Waals surface area contributed by atoms with Gasteiger partial charge in [0.1, 0.15) is 0 Å². The van der Waals surface area contributed by atoms with Crippen molar-refractivity contribution in [3.63, 3.8) is 0 Å². The molecule has 0 aliphatic carbocycles. The predicted molar refractivity (Wildman–Crippen MR) is 112 cm³/mol. The van der Waals surface area contributed by atoms with Gasteiger partial charge < -0.3 is 5.73 Å². The molecule has 0 fully saturated rings. The maximum atomic E-state index is 10.8.